The minimum atomic E-state index is 0.256. The van der Waals surface area contributed by atoms with E-state index in [4.69, 9.17) is 22.4 Å². The zero-order chi connectivity index (χ0) is 16.7. The van der Waals surface area contributed by atoms with Gasteiger partial charge in [-0.05, 0) is 54.1 Å². The summed E-state index contributed by atoms with van der Waals surface area (Å²) in [7, 11) is 0. The van der Waals surface area contributed by atoms with E-state index in [0.717, 1.165) is 30.3 Å². The highest BCUT2D eigenvalue weighted by atomic mass is 127. The molecule has 1 aliphatic rings. The summed E-state index contributed by atoms with van der Waals surface area (Å²) in [4.78, 5) is 6.35. The number of anilines is 1. The van der Waals surface area contributed by atoms with Crippen molar-refractivity contribution < 1.29 is 0 Å². The van der Waals surface area contributed by atoms with Crippen molar-refractivity contribution in [3.05, 3.63) is 48.9 Å². The highest BCUT2D eigenvalue weighted by Gasteiger charge is 2.29. The Morgan fingerprint density at radius 3 is 2.61 bits per heavy atom. The molecule has 0 aliphatic carbocycles. The highest BCUT2D eigenvalue weighted by Crippen LogP contribution is 2.39. The summed E-state index contributed by atoms with van der Waals surface area (Å²) in [6, 6.07) is 7.60. The number of aliphatic imine (C=N–C) groups is 1. The van der Waals surface area contributed by atoms with Crippen molar-refractivity contribution >= 4 is 67.9 Å². The van der Waals surface area contributed by atoms with Gasteiger partial charge in [0.1, 0.15) is 16.7 Å². The number of rotatable bonds is 1. The average Bonchev–Trinajstić information content (AvgIpc) is 2.68. The molecule has 0 bridgehead atoms. The van der Waals surface area contributed by atoms with Gasteiger partial charge in [0, 0.05) is 16.1 Å². The average molecular weight is 457 g/mol. The molecule has 1 aliphatic heterocycles. The van der Waals surface area contributed by atoms with Gasteiger partial charge in [0.15, 0.2) is 0 Å². The minimum Gasteiger partial charge on any atom is -0.288 e. The molecule has 0 unspecified atom stereocenters. The van der Waals surface area contributed by atoms with Crippen molar-refractivity contribution in [3.8, 4) is 0 Å². The van der Waals surface area contributed by atoms with E-state index in [0.29, 0.717) is 16.7 Å². The lowest BCUT2D eigenvalue weighted by Crippen LogP contribution is -2.35. The van der Waals surface area contributed by atoms with Crippen molar-refractivity contribution in [3.63, 3.8) is 0 Å². The maximum absolute atomic E-state index is 8.27. The Kier molecular flexibility index (Phi) is 4.57. The number of hydrogen-bond donors (Lipinski definition) is 2. The number of benzene rings is 1. The molecule has 0 atom stereocenters. The van der Waals surface area contributed by atoms with E-state index in [9.17, 15) is 0 Å². The second kappa shape index (κ2) is 6.33. The summed E-state index contributed by atoms with van der Waals surface area (Å²) in [6.45, 7) is 4.02. The quantitative estimate of drug-likeness (QED) is 0.356. The van der Waals surface area contributed by atoms with Crippen molar-refractivity contribution in [1.82, 2.24) is 0 Å². The number of thiophene rings is 1. The topological polar surface area (TPSA) is 63.3 Å². The highest BCUT2D eigenvalue weighted by molar-refractivity contribution is 14.1. The van der Waals surface area contributed by atoms with Crippen LogP contribution >= 0.6 is 45.5 Å². The van der Waals surface area contributed by atoms with E-state index >= 15 is 0 Å². The smallest absolute Gasteiger partial charge is 0.129 e. The van der Waals surface area contributed by atoms with Crippen LogP contribution in [0.3, 0.4) is 0 Å². The number of nitrogens with zero attached hydrogens (tertiary/aromatic N) is 2. The van der Waals surface area contributed by atoms with Gasteiger partial charge in [0.2, 0.25) is 0 Å². The van der Waals surface area contributed by atoms with Gasteiger partial charge >= 0.3 is 0 Å². The van der Waals surface area contributed by atoms with Gasteiger partial charge in [-0.2, -0.15) is 0 Å². The van der Waals surface area contributed by atoms with Crippen molar-refractivity contribution in [2.24, 2.45) is 4.99 Å². The fourth-order valence-corrected chi connectivity index (χ4v) is 4.67. The Morgan fingerprint density at radius 1 is 1.35 bits per heavy atom. The Morgan fingerprint density at radius 2 is 2.00 bits per heavy atom. The lowest BCUT2D eigenvalue weighted by atomic mass is 10.0. The molecule has 0 amide bonds. The van der Waals surface area contributed by atoms with Gasteiger partial charge in [-0.1, -0.05) is 23.7 Å². The first-order valence-electron chi connectivity index (χ1n) is 6.92. The maximum atomic E-state index is 8.27. The summed E-state index contributed by atoms with van der Waals surface area (Å²) in [6.07, 6.45) is 0. The van der Waals surface area contributed by atoms with E-state index in [1.807, 2.05) is 24.3 Å². The van der Waals surface area contributed by atoms with E-state index in [-0.39, 0.29) is 6.54 Å². The summed E-state index contributed by atoms with van der Waals surface area (Å²) < 4.78 is 1.15. The zero-order valence-corrected chi connectivity index (χ0v) is 16.3. The van der Waals surface area contributed by atoms with Gasteiger partial charge in [0.25, 0.3) is 0 Å². The Bertz CT molecular complexity index is 839. The first kappa shape index (κ1) is 16.6. The van der Waals surface area contributed by atoms with Gasteiger partial charge in [-0.25, -0.2) is 0 Å². The van der Waals surface area contributed by atoms with Crippen LogP contribution < -0.4 is 4.90 Å². The molecule has 7 heteroatoms. The monoisotopic (exact) mass is 456 g/mol. The SMILES string of the molecule is CC(=N)N1C(=N)CN=C(c2ccc(Cl)cc2)c2c1sc(I)c2C. The summed E-state index contributed by atoms with van der Waals surface area (Å²) in [5.41, 5.74) is 3.99. The van der Waals surface area contributed by atoms with Gasteiger partial charge in [-0.3, -0.25) is 20.7 Å². The molecule has 2 N–H and O–H groups in total. The largest absolute Gasteiger partial charge is 0.288 e. The van der Waals surface area contributed by atoms with Gasteiger partial charge in [-0.15, -0.1) is 11.3 Å². The standard InChI is InChI=1S/C16H14ClIN4S/c1-8-13-14(10-3-5-11(17)6-4-10)21-7-12(20)22(9(2)19)16(13)23-15(8)18/h3-6,19-20H,7H2,1-2H3. The third-order valence-corrected chi connectivity index (χ3v) is 6.41. The fraction of sp³-hybridized carbons (Fsp3) is 0.188. The minimum absolute atomic E-state index is 0.256. The first-order chi connectivity index (χ1) is 10.9. The molecule has 0 spiro atoms. The molecule has 0 radical (unpaired) electrons. The van der Waals surface area contributed by atoms with E-state index in [1.165, 1.54) is 0 Å². The van der Waals surface area contributed by atoms with Crippen molar-refractivity contribution in [1.29, 1.82) is 10.8 Å². The molecule has 1 aromatic heterocycles. The van der Waals surface area contributed by atoms with Gasteiger partial charge in [0.05, 0.1) is 15.1 Å². The number of halogens is 2. The van der Waals surface area contributed by atoms with E-state index in [2.05, 4.69) is 34.5 Å². The van der Waals surface area contributed by atoms with Crippen LogP contribution in [0.15, 0.2) is 29.3 Å². The molecule has 1 aromatic carbocycles. The van der Waals surface area contributed by atoms with Crippen LogP contribution in [0.1, 0.15) is 23.6 Å². The van der Waals surface area contributed by atoms with Crippen LogP contribution in [0.2, 0.25) is 5.02 Å². The van der Waals surface area contributed by atoms with Crippen LogP contribution in [0.25, 0.3) is 0 Å². The molecule has 0 saturated heterocycles. The Hall–Kier alpha value is -1.25. The lowest BCUT2D eigenvalue weighted by Gasteiger charge is -2.20. The second-order valence-corrected chi connectivity index (χ2v) is 8.47. The summed E-state index contributed by atoms with van der Waals surface area (Å²) in [5, 5.41) is 17.9. The van der Waals surface area contributed by atoms with Crippen LogP contribution in [0.4, 0.5) is 5.00 Å². The Balaban J connectivity index is 2.25. The molecule has 2 aromatic rings. The fourth-order valence-electron chi connectivity index (χ4n) is 2.53. The molecule has 3 rings (SSSR count). The van der Waals surface area contributed by atoms with Crippen LogP contribution in [-0.2, 0) is 0 Å². The predicted molar refractivity (Wildman–Crippen MR) is 107 cm³/mol. The molecular formula is C16H14ClIN4S. The first-order valence-corrected chi connectivity index (χ1v) is 9.19. The lowest BCUT2D eigenvalue weighted by molar-refractivity contribution is 1.20. The summed E-state index contributed by atoms with van der Waals surface area (Å²) >= 11 is 9.90. The normalized spacial score (nSPS) is 14.3. The molecular weight excluding hydrogens is 443 g/mol. The third kappa shape index (κ3) is 2.95. The second-order valence-electron chi connectivity index (χ2n) is 5.22. The molecule has 4 nitrogen and oxygen atoms in total. The van der Waals surface area contributed by atoms with Crippen molar-refractivity contribution in [2.45, 2.75) is 13.8 Å². The molecule has 2 heterocycles. The Labute approximate surface area is 157 Å². The van der Waals surface area contributed by atoms with Crippen LogP contribution in [0, 0.1) is 20.6 Å². The van der Waals surface area contributed by atoms with Crippen LogP contribution in [-0.4, -0.2) is 23.9 Å². The molecule has 0 saturated carbocycles. The third-order valence-electron chi connectivity index (χ3n) is 3.62. The number of fused-ring (bicyclic) bond motifs is 1. The van der Waals surface area contributed by atoms with E-state index < -0.39 is 0 Å². The maximum Gasteiger partial charge on any atom is 0.129 e. The molecule has 118 valence electrons. The van der Waals surface area contributed by atoms with E-state index in [1.54, 1.807) is 23.2 Å². The number of amidine groups is 2. The molecule has 0 fully saturated rings. The molecule has 23 heavy (non-hydrogen) atoms. The number of hydrogen-bond acceptors (Lipinski definition) is 4. The van der Waals surface area contributed by atoms with Gasteiger partial charge < -0.3 is 0 Å². The zero-order valence-electron chi connectivity index (χ0n) is 12.6. The summed E-state index contributed by atoms with van der Waals surface area (Å²) in [5.74, 6) is 0.654. The number of nitrogens with one attached hydrogen (secondary N) is 2. The predicted octanol–water partition coefficient (Wildman–Crippen LogP) is 4.95. The van der Waals surface area contributed by atoms with Crippen molar-refractivity contribution in [2.75, 3.05) is 11.4 Å². The van der Waals surface area contributed by atoms with Crippen LogP contribution in [0.5, 0.6) is 0 Å².